The maximum atomic E-state index is 12.8. The lowest BCUT2D eigenvalue weighted by atomic mass is 10.1. The van der Waals surface area contributed by atoms with Gasteiger partial charge in [-0.3, -0.25) is 15.0 Å². The van der Waals surface area contributed by atoms with E-state index < -0.39 is 5.97 Å². The molecule has 1 saturated heterocycles. The molecule has 5 rings (SSSR count). The Morgan fingerprint density at radius 1 is 1.05 bits per heavy atom. The molecule has 11 nitrogen and oxygen atoms in total. The molecule has 4 aromatic rings. The van der Waals surface area contributed by atoms with E-state index in [9.17, 15) is 9.59 Å². The highest BCUT2D eigenvalue weighted by Crippen LogP contribution is 2.19. The van der Waals surface area contributed by atoms with E-state index in [1.807, 2.05) is 30.3 Å². The lowest BCUT2D eigenvalue weighted by Crippen LogP contribution is -2.43. The molecule has 0 unspecified atom stereocenters. The van der Waals surface area contributed by atoms with E-state index in [4.69, 9.17) is 4.74 Å². The van der Waals surface area contributed by atoms with Crippen LogP contribution in [0.15, 0.2) is 54.9 Å². The first-order valence-corrected chi connectivity index (χ1v) is 12.4. The number of hydrogen-bond acceptors (Lipinski definition) is 9. The van der Waals surface area contributed by atoms with E-state index >= 15 is 0 Å². The molecule has 1 fully saturated rings. The Morgan fingerprint density at radius 3 is 2.61 bits per heavy atom. The number of nitrogens with one attached hydrogen (secondary N) is 3. The number of fused-ring (bicyclic) bond motifs is 1. The fourth-order valence-corrected chi connectivity index (χ4v) is 4.28. The molecule has 1 aromatic carbocycles. The van der Waals surface area contributed by atoms with Crippen LogP contribution in [-0.2, 0) is 17.8 Å². The zero-order valence-corrected chi connectivity index (χ0v) is 21.4. The lowest BCUT2D eigenvalue weighted by Gasteiger charge is -2.32. The highest BCUT2D eigenvalue weighted by Gasteiger charge is 2.15. The summed E-state index contributed by atoms with van der Waals surface area (Å²) in [6, 6.07) is 13.0. The Labute approximate surface area is 220 Å². The van der Waals surface area contributed by atoms with Crippen LogP contribution in [0.25, 0.3) is 11.0 Å². The van der Waals surface area contributed by atoms with E-state index in [-0.39, 0.29) is 11.9 Å². The van der Waals surface area contributed by atoms with Gasteiger partial charge in [0.15, 0.2) is 0 Å². The first kappa shape index (κ1) is 25.3. The van der Waals surface area contributed by atoms with Crippen molar-refractivity contribution in [2.24, 2.45) is 0 Å². The molecule has 1 amide bonds. The van der Waals surface area contributed by atoms with Gasteiger partial charge in [-0.05, 0) is 42.9 Å². The van der Waals surface area contributed by atoms with Crippen molar-refractivity contribution in [2.45, 2.75) is 13.1 Å². The maximum Gasteiger partial charge on any atom is 0.354 e. The molecule has 3 aromatic heterocycles. The second kappa shape index (κ2) is 11.4. The molecule has 38 heavy (non-hydrogen) atoms. The fraction of sp³-hybridized carbons (Fsp3) is 0.296. The second-order valence-corrected chi connectivity index (χ2v) is 9.29. The van der Waals surface area contributed by atoms with E-state index in [0.29, 0.717) is 29.1 Å². The Bertz CT molecular complexity index is 1430. The monoisotopic (exact) mass is 514 g/mol. The summed E-state index contributed by atoms with van der Waals surface area (Å²) in [5, 5.41) is 6.82. The average molecular weight is 515 g/mol. The van der Waals surface area contributed by atoms with Gasteiger partial charge in [0.25, 0.3) is 5.91 Å². The Morgan fingerprint density at radius 2 is 1.84 bits per heavy atom. The average Bonchev–Trinajstić information content (AvgIpc) is 3.37. The molecule has 11 heteroatoms. The van der Waals surface area contributed by atoms with E-state index in [2.05, 4.69) is 47.4 Å². The van der Waals surface area contributed by atoms with E-state index in [1.54, 1.807) is 24.5 Å². The number of carbonyl (C=O) groups excluding carboxylic acids is 2. The number of carbonyl (C=O) groups is 2. The summed E-state index contributed by atoms with van der Waals surface area (Å²) in [6.07, 6.45) is 3.27. The molecule has 0 spiro atoms. The van der Waals surface area contributed by atoms with Gasteiger partial charge in [-0.2, -0.15) is 0 Å². The minimum atomic E-state index is -0.449. The smallest absolute Gasteiger partial charge is 0.354 e. The number of anilines is 2. The standard InChI is InChI=1S/C27H30N8O3/c1-34-9-11-35(12-10-34)17-18-3-5-19(6-4-18)25(36)33-27-28-8-7-21(31-27)15-29-22-13-20-14-23(26(37)38-2)32-24(20)30-16-22/h3-8,13-14,16,29H,9-12,15,17H2,1-2H3,(H,30,32)(H,28,31,33,36). The Balaban J connectivity index is 1.16. The minimum absolute atomic E-state index is 0.234. The van der Waals surface area contributed by atoms with Gasteiger partial charge in [-0.25, -0.2) is 19.7 Å². The molecular formula is C27H30N8O3. The van der Waals surface area contributed by atoms with Crippen LogP contribution in [0.4, 0.5) is 11.6 Å². The minimum Gasteiger partial charge on any atom is -0.464 e. The summed E-state index contributed by atoms with van der Waals surface area (Å²) >= 11 is 0. The summed E-state index contributed by atoms with van der Waals surface area (Å²) in [5.74, 6) is -0.475. The first-order chi connectivity index (χ1) is 18.5. The molecule has 0 saturated carbocycles. The highest BCUT2D eigenvalue weighted by atomic mass is 16.5. The molecule has 1 aliphatic rings. The third kappa shape index (κ3) is 6.13. The number of rotatable bonds is 8. The summed E-state index contributed by atoms with van der Waals surface area (Å²) in [7, 11) is 3.48. The van der Waals surface area contributed by atoms with Crippen molar-refractivity contribution < 1.29 is 14.3 Å². The Kier molecular flexibility index (Phi) is 7.57. The number of ether oxygens (including phenoxy) is 1. The van der Waals surface area contributed by atoms with Crippen molar-refractivity contribution in [3.05, 3.63) is 77.4 Å². The van der Waals surface area contributed by atoms with Crippen LogP contribution in [0, 0.1) is 0 Å². The molecular weight excluding hydrogens is 484 g/mol. The number of methoxy groups -OCH3 is 1. The molecule has 4 heterocycles. The number of aromatic nitrogens is 4. The number of likely N-dealkylation sites (N-methyl/N-ethyl adjacent to an activating group) is 1. The van der Waals surface area contributed by atoms with Crippen LogP contribution in [-0.4, -0.2) is 81.9 Å². The quantitative estimate of drug-likeness (QED) is 0.304. The zero-order chi connectivity index (χ0) is 26.5. The summed E-state index contributed by atoms with van der Waals surface area (Å²) < 4.78 is 4.74. The topological polar surface area (TPSA) is 128 Å². The summed E-state index contributed by atoms with van der Waals surface area (Å²) in [5.41, 5.74) is 4.13. The number of esters is 1. The van der Waals surface area contributed by atoms with Crippen molar-refractivity contribution in [1.82, 2.24) is 29.7 Å². The first-order valence-electron chi connectivity index (χ1n) is 12.4. The number of piperazine rings is 1. The number of benzene rings is 1. The van der Waals surface area contributed by atoms with Gasteiger partial charge in [-0.15, -0.1) is 0 Å². The van der Waals surface area contributed by atoms with E-state index in [1.165, 1.54) is 12.7 Å². The van der Waals surface area contributed by atoms with Crippen LogP contribution in [0.1, 0.15) is 32.1 Å². The number of nitrogens with zero attached hydrogens (tertiary/aromatic N) is 5. The van der Waals surface area contributed by atoms with Gasteiger partial charge in [0, 0.05) is 49.9 Å². The van der Waals surface area contributed by atoms with Crippen molar-refractivity contribution in [3.63, 3.8) is 0 Å². The molecule has 0 bridgehead atoms. The Hall–Kier alpha value is -4.35. The van der Waals surface area contributed by atoms with Gasteiger partial charge in [-0.1, -0.05) is 12.1 Å². The van der Waals surface area contributed by atoms with Crippen molar-refractivity contribution in [3.8, 4) is 0 Å². The zero-order valence-electron chi connectivity index (χ0n) is 21.4. The number of H-pyrrole nitrogens is 1. The molecule has 0 radical (unpaired) electrons. The van der Waals surface area contributed by atoms with Crippen molar-refractivity contribution >= 4 is 34.5 Å². The SMILES string of the molecule is COC(=O)c1cc2cc(NCc3ccnc(NC(=O)c4ccc(CN5CCN(C)CC5)cc4)n3)cnc2[nH]1. The summed E-state index contributed by atoms with van der Waals surface area (Å²) in [4.78, 5) is 45.2. The number of hydrogen-bond donors (Lipinski definition) is 3. The molecule has 3 N–H and O–H groups in total. The largest absolute Gasteiger partial charge is 0.464 e. The second-order valence-electron chi connectivity index (χ2n) is 9.29. The van der Waals surface area contributed by atoms with Crippen LogP contribution < -0.4 is 10.6 Å². The van der Waals surface area contributed by atoms with Gasteiger partial charge in [0.05, 0.1) is 31.2 Å². The molecule has 196 valence electrons. The highest BCUT2D eigenvalue weighted by molar-refractivity contribution is 6.03. The normalized spacial score (nSPS) is 14.4. The van der Waals surface area contributed by atoms with Crippen LogP contribution in [0.5, 0.6) is 0 Å². The lowest BCUT2D eigenvalue weighted by molar-refractivity contribution is 0.0595. The predicted octanol–water partition coefficient (Wildman–Crippen LogP) is 2.75. The van der Waals surface area contributed by atoms with E-state index in [0.717, 1.165) is 43.8 Å². The van der Waals surface area contributed by atoms with Crippen LogP contribution in [0.2, 0.25) is 0 Å². The molecule has 1 aliphatic heterocycles. The van der Waals surface area contributed by atoms with Crippen molar-refractivity contribution in [2.75, 3.05) is 51.0 Å². The van der Waals surface area contributed by atoms with Gasteiger partial charge in [0.1, 0.15) is 11.3 Å². The number of pyridine rings is 1. The maximum absolute atomic E-state index is 12.8. The third-order valence-corrected chi connectivity index (χ3v) is 6.51. The van der Waals surface area contributed by atoms with Gasteiger partial charge >= 0.3 is 5.97 Å². The predicted molar refractivity (Wildman–Crippen MR) is 144 cm³/mol. The van der Waals surface area contributed by atoms with Crippen LogP contribution >= 0.6 is 0 Å². The molecule has 0 atom stereocenters. The van der Waals surface area contributed by atoms with Crippen molar-refractivity contribution in [1.29, 1.82) is 0 Å². The van der Waals surface area contributed by atoms with Crippen LogP contribution in [0.3, 0.4) is 0 Å². The third-order valence-electron chi connectivity index (χ3n) is 6.51. The summed E-state index contributed by atoms with van der Waals surface area (Å²) in [6.45, 7) is 5.53. The number of amides is 1. The van der Waals surface area contributed by atoms with Gasteiger partial charge in [0.2, 0.25) is 5.95 Å². The fourth-order valence-electron chi connectivity index (χ4n) is 4.28. The molecule has 0 aliphatic carbocycles. The number of aromatic amines is 1. The van der Waals surface area contributed by atoms with Gasteiger partial charge < -0.3 is 19.9 Å².